The van der Waals surface area contributed by atoms with E-state index in [9.17, 15) is 14.4 Å². The van der Waals surface area contributed by atoms with E-state index in [2.05, 4.69) is 16.0 Å². The number of carbonyl (C=O) groups is 3. The second-order valence-corrected chi connectivity index (χ2v) is 9.08. The summed E-state index contributed by atoms with van der Waals surface area (Å²) in [5.74, 6) is 0.436. The van der Waals surface area contributed by atoms with Gasteiger partial charge < -0.3 is 20.7 Å². The lowest BCUT2D eigenvalue weighted by Crippen LogP contribution is -2.53. The fraction of sp³-hybridized carbons (Fsp3) is 0.318. The molecule has 2 amide bonds. The smallest absolute Gasteiger partial charge is 0.328 e. The van der Waals surface area contributed by atoms with Gasteiger partial charge in [-0.15, -0.1) is 0 Å². The van der Waals surface area contributed by atoms with E-state index in [1.807, 2.05) is 0 Å². The minimum absolute atomic E-state index is 0.197. The Kier molecular flexibility index (Phi) is 8.81. The number of rotatable bonds is 7. The number of anilines is 1. The highest BCUT2D eigenvalue weighted by molar-refractivity contribution is 7.99. The number of ether oxygens (including phenoxy) is 1. The first-order valence-corrected chi connectivity index (χ1v) is 11.8. The fourth-order valence-electron chi connectivity index (χ4n) is 3.21. The molecule has 32 heavy (non-hydrogen) atoms. The van der Waals surface area contributed by atoms with Crippen LogP contribution >= 0.6 is 35.0 Å². The van der Waals surface area contributed by atoms with Gasteiger partial charge in [-0.2, -0.15) is 11.8 Å². The number of hydrogen-bond acceptors (Lipinski definition) is 6. The molecule has 1 fully saturated rings. The largest absolute Gasteiger partial charge is 0.467 e. The van der Waals surface area contributed by atoms with E-state index in [1.54, 1.807) is 54.2 Å². The Balaban J connectivity index is 1.64. The van der Waals surface area contributed by atoms with Crippen LogP contribution in [0.4, 0.5) is 5.69 Å². The Labute approximate surface area is 200 Å². The molecule has 0 aromatic heterocycles. The summed E-state index contributed by atoms with van der Waals surface area (Å²) in [5, 5.41) is 9.19. The molecule has 1 unspecified atom stereocenters. The van der Waals surface area contributed by atoms with Gasteiger partial charge in [-0.1, -0.05) is 41.4 Å². The normalized spacial score (nSPS) is 16.7. The summed E-state index contributed by atoms with van der Waals surface area (Å²) in [6.45, 7) is 0.748. The zero-order valence-corrected chi connectivity index (χ0v) is 19.7. The summed E-state index contributed by atoms with van der Waals surface area (Å²) in [6.07, 6.45) is 0.253. The second kappa shape index (κ2) is 11.6. The van der Waals surface area contributed by atoms with Crippen molar-refractivity contribution in [3.8, 4) is 0 Å². The van der Waals surface area contributed by atoms with Crippen molar-refractivity contribution in [2.45, 2.75) is 18.5 Å². The predicted molar refractivity (Wildman–Crippen MR) is 128 cm³/mol. The fourth-order valence-corrected chi connectivity index (χ4v) is 4.71. The van der Waals surface area contributed by atoms with Crippen LogP contribution in [-0.2, 0) is 20.7 Å². The second-order valence-electron chi connectivity index (χ2n) is 7.12. The number of thioether (sulfide) groups is 1. The van der Waals surface area contributed by atoms with Crippen LogP contribution in [-0.4, -0.2) is 55.0 Å². The number of carbonyl (C=O) groups excluding carboxylic acids is 3. The molecule has 2 aromatic carbocycles. The van der Waals surface area contributed by atoms with E-state index in [0.29, 0.717) is 11.4 Å². The van der Waals surface area contributed by atoms with Crippen LogP contribution in [0.1, 0.15) is 15.9 Å². The van der Waals surface area contributed by atoms with Crippen LogP contribution in [0.25, 0.3) is 0 Å². The number of amides is 2. The zero-order chi connectivity index (χ0) is 23.1. The first-order chi connectivity index (χ1) is 15.4. The Bertz CT molecular complexity index is 961. The maximum atomic E-state index is 12.5. The van der Waals surface area contributed by atoms with Gasteiger partial charge in [-0.25, -0.2) is 4.79 Å². The average Bonchev–Trinajstić information content (AvgIpc) is 2.79. The molecule has 10 heteroatoms. The summed E-state index contributed by atoms with van der Waals surface area (Å²) in [5.41, 5.74) is 1.53. The summed E-state index contributed by atoms with van der Waals surface area (Å²) < 4.78 is 4.86. The molecule has 0 radical (unpaired) electrons. The van der Waals surface area contributed by atoms with Gasteiger partial charge in [0.25, 0.3) is 5.91 Å². The Morgan fingerprint density at radius 1 is 1.16 bits per heavy atom. The van der Waals surface area contributed by atoms with Gasteiger partial charge in [0.05, 0.1) is 28.8 Å². The quantitative estimate of drug-likeness (QED) is 0.510. The van der Waals surface area contributed by atoms with E-state index < -0.39 is 17.9 Å². The molecule has 170 valence electrons. The van der Waals surface area contributed by atoms with E-state index in [-0.39, 0.29) is 34.0 Å². The van der Waals surface area contributed by atoms with Crippen molar-refractivity contribution in [3.05, 3.63) is 63.6 Å². The number of benzene rings is 2. The molecular formula is C22H23Cl2N3O4S. The Morgan fingerprint density at radius 2 is 1.84 bits per heavy atom. The molecule has 1 aliphatic heterocycles. The van der Waals surface area contributed by atoms with Crippen LogP contribution in [0.5, 0.6) is 0 Å². The summed E-state index contributed by atoms with van der Waals surface area (Å²) in [7, 11) is 1.29. The van der Waals surface area contributed by atoms with Crippen LogP contribution in [0.2, 0.25) is 10.0 Å². The van der Waals surface area contributed by atoms with Gasteiger partial charge in [-0.3, -0.25) is 9.59 Å². The van der Waals surface area contributed by atoms with Gasteiger partial charge in [0.2, 0.25) is 5.91 Å². The van der Waals surface area contributed by atoms with Gasteiger partial charge in [0.1, 0.15) is 6.04 Å². The van der Waals surface area contributed by atoms with E-state index in [1.165, 1.54) is 7.11 Å². The molecule has 0 saturated carbocycles. The molecule has 7 nitrogen and oxygen atoms in total. The molecule has 0 aliphatic carbocycles. The molecule has 2 atom stereocenters. The summed E-state index contributed by atoms with van der Waals surface area (Å²) >= 11 is 13.9. The maximum Gasteiger partial charge on any atom is 0.328 e. The minimum atomic E-state index is -0.816. The Morgan fingerprint density at radius 3 is 2.44 bits per heavy atom. The van der Waals surface area contributed by atoms with Crippen molar-refractivity contribution in [1.29, 1.82) is 0 Å². The predicted octanol–water partition coefficient (Wildman–Crippen LogP) is 3.15. The molecule has 2 aromatic rings. The number of halogens is 2. The van der Waals surface area contributed by atoms with Crippen molar-refractivity contribution in [1.82, 2.24) is 10.6 Å². The standard InChI is InChI=1S/C22H23Cl2N3O4S/c1-31-22(30)17(27-20(28)18-12-32-10-9-25-18)11-13-5-7-14(8-6-13)26-21(29)19-15(23)3-2-4-16(19)24/h2-8,17-18,25H,9-12H2,1H3,(H,26,29)(H,27,28)/t17-,18?/m0/s1. The third-order valence-corrected chi connectivity index (χ3v) is 6.57. The monoisotopic (exact) mass is 495 g/mol. The van der Waals surface area contributed by atoms with Crippen LogP contribution < -0.4 is 16.0 Å². The lowest BCUT2D eigenvalue weighted by molar-refractivity contribution is -0.145. The van der Waals surface area contributed by atoms with Crippen molar-refractivity contribution in [2.24, 2.45) is 0 Å². The lowest BCUT2D eigenvalue weighted by atomic mass is 10.0. The Hall–Kier alpha value is -2.26. The van der Waals surface area contributed by atoms with Gasteiger partial charge in [0.15, 0.2) is 0 Å². The minimum Gasteiger partial charge on any atom is -0.467 e. The first kappa shape index (κ1) is 24.4. The van der Waals surface area contributed by atoms with Gasteiger partial charge in [-0.05, 0) is 29.8 Å². The summed E-state index contributed by atoms with van der Waals surface area (Å²) in [4.78, 5) is 37.3. The number of nitrogens with one attached hydrogen (secondary N) is 3. The van der Waals surface area contributed by atoms with Gasteiger partial charge >= 0.3 is 5.97 Å². The molecule has 1 aliphatic rings. The highest BCUT2D eigenvalue weighted by Crippen LogP contribution is 2.25. The topological polar surface area (TPSA) is 96.5 Å². The summed E-state index contributed by atoms with van der Waals surface area (Å²) in [6, 6.07) is 10.6. The molecular weight excluding hydrogens is 473 g/mol. The molecule has 0 bridgehead atoms. The first-order valence-electron chi connectivity index (χ1n) is 9.92. The molecule has 3 N–H and O–H groups in total. The van der Waals surface area contributed by atoms with Gasteiger partial charge in [0, 0.05) is 30.2 Å². The molecule has 3 rings (SSSR count). The van der Waals surface area contributed by atoms with Crippen LogP contribution in [0.3, 0.4) is 0 Å². The van der Waals surface area contributed by atoms with E-state index >= 15 is 0 Å². The van der Waals surface area contributed by atoms with Crippen molar-refractivity contribution >= 4 is 58.4 Å². The third kappa shape index (κ3) is 6.38. The molecule has 0 spiro atoms. The van der Waals surface area contributed by atoms with Crippen molar-refractivity contribution < 1.29 is 19.1 Å². The number of hydrogen-bond donors (Lipinski definition) is 3. The molecule has 1 saturated heterocycles. The third-order valence-electron chi connectivity index (χ3n) is 4.88. The number of methoxy groups -OCH3 is 1. The average molecular weight is 496 g/mol. The SMILES string of the molecule is COC(=O)[C@H](Cc1ccc(NC(=O)c2c(Cl)cccc2Cl)cc1)NC(=O)C1CSCCN1. The van der Waals surface area contributed by atoms with Crippen molar-refractivity contribution in [2.75, 3.05) is 30.5 Å². The van der Waals surface area contributed by atoms with Crippen LogP contribution in [0.15, 0.2) is 42.5 Å². The lowest BCUT2D eigenvalue weighted by Gasteiger charge is -2.25. The van der Waals surface area contributed by atoms with E-state index in [4.69, 9.17) is 27.9 Å². The molecule has 1 heterocycles. The van der Waals surface area contributed by atoms with E-state index in [0.717, 1.165) is 17.9 Å². The highest BCUT2D eigenvalue weighted by atomic mass is 35.5. The highest BCUT2D eigenvalue weighted by Gasteiger charge is 2.27. The van der Waals surface area contributed by atoms with Crippen LogP contribution in [0, 0.1) is 0 Å². The maximum absolute atomic E-state index is 12.5. The zero-order valence-electron chi connectivity index (χ0n) is 17.3. The number of esters is 1. The van der Waals surface area contributed by atoms with Crippen molar-refractivity contribution in [3.63, 3.8) is 0 Å².